The standard InChI is InChI=1S/C24H37BrN2O5Si/c1-10-31-23(29)19-13-27(16(3)15(2)14-32-33(8,9)24(4,5)6)21-18(20(19)28)11-17(12-25)22(26-21)30-7/h11,13,15-16H,10,12,14H2,1-9H3. The summed E-state index contributed by atoms with van der Waals surface area (Å²) in [6, 6.07) is 1.64. The zero-order valence-corrected chi connectivity index (χ0v) is 23.8. The lowest BCUT2D eigenvalue weighted by Gasteiger charge is -2.37. The Labute approximate surface area is 206 Å². The van der Waals surface area contributed by atoms with E-state index in [2.05, 4.69) is 61.7 Å². The lowest BCUT2D eigenvalue weighted by atomic mass is 10.0. The zero-order chi connectivity index (χ0) is 25.1. The van der Waals surface area contributed by atoms with Gasteiger partial charge in [0.05, 0.1) is 19.1 Å². The molecule has 0 N–H and O–H groups in total. The number of esters is 1. The molecule has 0 aliphatic carbocycles. The van der Waals surface area contributed by atoms with Crippen molar-refractivity contribution < 1.29 is 18.7 Å². The molecule has 0 aliphatic heterocycles. The summed E-state index contributed by atoms with van der Waals surface area (Å²) in [4.78, 5) is 30.4. The Morgan fingerprint density at radius 2 is 1.91 bits per heavy atom. The molecule has 2 atom stereocenters. The van der Waals surface area contributed by atoms with Gasteiger partial charge in [0.1, 0.15) is 11.2 Å². The average molecular weight is 542 g/mol. The second-order valence-corrected chi connectivity index (χ2v) is 15.3. The number of hydrogen-bond donors (Lipinski definition) is 0. The molecule has 2 aromatic heterocycles. The van der Waals surface area contributed by atoms with Crippen molar-refractivity contribution in [2.45, 2.75) is 71.0 Å². The molecule has 0 bridgehead atoms. The van der Waals surface area contributed by atoms with Crippen LogP contribution in [-0.2, 0) is 14.5 Å². The molecule has 33 heavy (non-hydrogen) atoms. The molecule has 2 unspecified atom stereocenters. The lowest BCUT2D eigenvalue weighted by molar-refractivity contribution is 0.0524. The fourth-order valence-corrected chi connectivity index (χ4v) is 4.72. The largest absolute Gasteiger partial charge is 0.481 e. The number of pyridine rings is 2. The van der Waals surface area contributed by atoms with Gasteiger partial charge in [0.25, 0.3) is 0 Å². The molecule has 0 saturated carbocycles. The van der Waals surface area contributed by atoms with Crippen LogP contribution in [0, 0.1) is 5.92 Å². The number of carbonyl (C=O) groups is 1. The van der Waals surface area contributed by atoms with E-state index in [0.717, 1.165) is 5.56 Å². The Bertz CT molecular complexity index is 1060. The summed E-state index contributed by atoms with van der Waals surface area (Å²) < 4.78 is 18.9. The second-order valence-electron chi connectivity index (χ2n) is 9.95. The summed E-state index contributed by atoms with van der Waals surface area (Å²) in [5, 5.41) is 0.937. The predicted octanol–water partition coefficient (Wildman–Crippen LogP) is 5.70. The molecule has 0 spiro atoms. The molecule has 0 radical (unpaired) electrons. The van der Waals surface area contributed by atoms with Gasteiger partial charge in [0, 0.05) is 29.7 Å². The van der Waals surface area contributed by atoms with E-state index in [1.807, 2.05) is 11.5 Å². The van der Waals surface area contributed by atoms with Crippen LogP contribution in [0.3, 0.4) is 0 Å². The maximum atomic E-state index is 13.2. The van der Waals surface area contributed by atoms with Crippen molar-refractivity contribution in [1.82, 2.24) is 9.55 Å². The molecular formula is C24H37BrN2O5Si. The summed E-state index contributed by atoms with van der Waals surface area (Å²) in [7, 11) is -0.367. The van der Waals surface area contributed by atoms with Gasteiger partial charge in [-0.1, -0.05) is 43.6 Å². The highest BCUT2D eigenvalue weighted by Gasteiger charge is 2.37. The van der Waals surface area contributed by atoms with Crippen molar-refractivity contribution in [3.8, 4) is 5.88 Å². The molecular weight excluding hydrogens is 504 g/mol. The van der Waals surface area contributed by atoms with E-state index < -0.39 is 19.7 Å². The monoisotopic (exact) mass is 540 g/mol. The molecule has 2 rings (SSSR count). The van der Waals surface area contributed by atoms with Crippen LogP contribution in [0.1, 0.15) is 63.5 Å². The minimum Gasteiger partial charge on any atom is -0.481 e. The minimum absolute atomic E-state index is 0.00111. The second kappa shape index (κ2) is 10.7. The van der Waals surface area contributed by atoms with Crippen LogP contribution in [0.25, 0.3) is 11.0 Å². The number of fused-ring (bicyclic) bond motifs is 1. The molecule has 0 fully saturated rings. The number of alkyl halides is 1. The van der Waals surface area contributed by atoms with Crippen molar-refractivity contribution >= 4 is 41.3 Å². The van der Waals surface area contributed by atoms with Gasteiger partial charge < -0.3 is 18.5 Å². The maximum Gasteiger partial charge on any atom is 0.343 e. The average Bonchev–Trinajstić information content (AvgIpc) is 2.75. The van der Waals surface area contributed by atoms with Crippen molar-refractivity contribution in [1.29, 1.82) is 0 Å². The number of nitrogens with zero attached hydrogens (tertiary/aromatic N) is 2. The number of halogens is 1. The van der Waals surface area contributed by atoms with Gasteiger partial charge in [-0.15, -0.1) is 0 Å². The van der Waals surface area contributed by atoms with Gasteiger partial charge in [-0.25, -0.2) is 4.79 Å². The molecule has 0 amide bonds. The Balaban J connectivity index is 2.61. The molecule has 2 aromatic rings. The molecule has 0 aliphatic rings. The highest BCUT2D eigenvalue weighted by Crippen LogP contribution is 2.37. The van der Waals surface area contributed by atoms with Crippen LogP contribution < -0.4 is 10.2 Å². The van der Waals surface area contributed by atoms with Gasteiger partial charge in [-0.2, -0.15) is 4.98 Å². The van der Waals surface area contributed by atoms with Gasteiger partial charge in [-0.05, 0) is 44.0 Å². The third-order valence-electron chi connectivity index (χ3n) is 6.65. The number of aromatic nitrogens is 2. The summed E-state index contributed by atoms with van der Waals surface area (Å²) in [5.74, 6) is -0.0935. The van der Waals surface area contributed by atoms with Crippen LogP contribution in [-0.4, -0.2) is 44.2 Å². The predicted molar refractivity (Wildman–Crippen MR) is 138 cm³/mol. The van der Waals surface area contributed by atoms with Crippen molar-refractivity contribution in [2.75, 3.05) is 20.3 Å². The van der Waals surface area contributed by atoms with E-state index in [-0.39, 0.29) is 29.2 Å². The van der Waals surface area contributed by atoms with Crippen molar-refractivity contribution in [2.24, 2.45) is 5.92 Å². The normalized spacial score (nSPS) is 14.2. The first kappa shape index (κ1) is 27.5. The first-order valence-corrected chi connectivity index (χ1v) is 15.3. The van der Waals surface area contributed by atoms with E-state index in [0.29, 0.717) is 28.9 Å². The zero-order valence-electron chi connectivity index (χ0n) is 21.2. The van der Waals surface area contributed by atoms with E-state index >= 15 is 0 Å². The first-order chi connectivity index (χ1) is 15.3. The van der Waals surface area contributed by atoms with Crippen LogP contribution >= 0.6 is 15.9 Å². The van der Waals surface area contributed by atoms with E-state index in [9.17, 15) is 9.59 Å². The molecule has 2 heterocycles. The van der Waals surface area contributed by atoms with Crippen LogP contribution in [0.15, 0.2) is 17.1 Å². The van der Waals surface area contributed by atoms with Crippen LogP contribution in [0.5, 0.6) is 5.88 Å². The number of rotatable bonds is 9. The number of ether oxygens (including phenoxy) is 2. The van der Waals surface area contributed by atoms with Crippen molar-refractivity contribution in [3.05, 3.63) is 33.6 Å². The van der Waals surface area contributed by atoms with E-state index in [1.165, 1.54) is 0 Å². The molecule has 0 aromatic carbocycles. The third-order valence-corrected chi connectivity index (χ3v) is 11.8. The molecule has 7 nitrogen and oxygen atoms in total. The fourth-order valence-electron chi connectivity index (χ4n) is 3.20. The third kappa shape index (κ3) is 5.86. The van der Waals surface area contributed by atoms with Gasteiger partial charge in [0.15, 0.2) is 8.32 Å². The number of hydrogen-bond acceptors (Lipinski definition) is 6. The molecule has 184 valence electrons. The van der Waals surface area contributed by atoms with Gasteiger partial charge in [0.2, 0.25) is 11.3 Å². The Kier molecular flexibility index (Phi) is 8.92. The van der Waals surface area contributed by atoms with Gasteiger partial charge in [-0.3, -0.25) is 4.79 Å². The number of carbonyl (C=O) groups excluding carboxylic acids is 1. The van der Waals surface area contributed by atoms with Crippen LogP contribution in [0.4, 0.5) is 0 Å². The summed E-state index contributed by atoms with van der Waals surface area (Å²) in [5.41, 5.74) is 0.813. The van der Waals surface area contributed by atoms with E-state index in [1.54, 1.807) is 26.3 Å². The fraction of sp³-hybridized carbons (Fsp3) is 0.625. The Morgan fingerprint density at radius 3 is 2.42 bits per heavy atom. The Hall–Kier alpha value is -1.71. The quantitative estimate of drug-likeness (QED) is 0.230. The number of methoxy groups -OCH3 is 1. The SMILES string of the molecule is CCOC(=O)c1cn(C(C)C(C)CO[Si](C)(C)C(C)(C)C)c2nc(OC)c(CBr)cc2c1=O. The maximum absolute atomic E-state index is 13.2. The summed E-state index contributed by atoms with van der Waals surface area (Å²) in [6.07, 6.45) is 1.57. The van der Waals surface area contributed by atoms with Crippen molar-refractivity contribution in [3.63, 3.8) is 0 Å². The minimum atomic E-state index is -1.92. The first-order valence-electron chi connectivity index (χ1n) is 11.3. The Morgan fingerprint density at radius 1 is 1.27 bits per heavy atom. The topological polar surface area (TPSA) is 79.7 Å². The highest BCUT2D eigenvalue weighted by molar-refractivity contribution is 9.08. The summed E-state index contributed by atoms with van der Waals surface area (Å²) >= 11 is 3.42. The summed E-state index contributed by atoms with van der Waals surface area (Å²) in [6.45, 7) is 17.7. The smallest absolute Gasteiger partial charge is 0.343 e. The molecule has 9 heteroatoms. The van der Waals surface area contributed by atoms with E-state index in [4.69, 9.17) is 13.9 Å². The lowest BCUT2D eigenvalue weighted by Crippen LogP contribution is -2.42. The highest BCUT2D eigenvalue weighted by atomic mass is 79.9. The molecule has 0 saturated heterocycles. The van der Waals surface area contributed by atoms with Crippen LogP contribution in [0.2, 0.25) is 18.1 Å². The van der Waals surface area contributed by atoms with Gasteiger partial charge >= 0.3 is 5.97 Å².